The number of carbonyl (C=O) groups excluding carboxylic acids is 3. The van der Waals surface area contributed by atoms with Gasteiger partial charge in [0.2, 0.25) is 5.91 Å². The number of nitrogens with two attached hydrogens (primary N) is 1. The molecule has 6 N–H and O–H groups in total. The van der Waals surface area contributed by atoms with E-state index < -0.39 is 18.0 Å². The van der Waals surface area contributed by atoms with Crippen LogP contribution in [0.15, 0.2) is 0 Å². The van der Waals surface area contributed by atoms with Crippen LogP contribution in [0.5, 0.6) is 0 Å². The molecule has 0 fully saturated rings. The molecule has 9 nitrogen and oxygen atoms in total. The van der Waals surface area contributed by atoms with Gasteiger partial charge in [-0.05, 0) is 13.8 Å². The topological polar surface area (TPSA) is 151 Å². The standard InChI is InChI=1S/C6H12N2O2.C3H8N2O.C3H6O2/c1-3-5(9)8-6(10)7-4-2;1-2-5-3(4)6;1-2-3(4)5/h3-4H2,1-2H3,(H2,7,8,9,10);2H2,1H3,(H3,4,5,6);2H2,1H3,(H,4,5). The Bertz CT molecular complexity index is 321. The number of imide groups is 1. The van der Waals surface area contributed by atoms with Crippen LogP contribution in [-0.4, -0.2) is 42.1 Å². The SMILES string of the molecule is CCC(=O)O.CCNC(=O)NC(=O)CC.CCNC(N)=O. The van der Waals surface area contributed by atoms with Crippen LogP contribution >= 0.6 is 0 Å². The maximum Gasteiger partial charge on any atom is 0.321 e. The van der Waals surface area contributed by atoms with Gasteiger partial charge in [-0.1, -0.05) is 13.8 Å². The van der Waals surface area contributed by atoms with Crippen molar-refractivity contribution in [1.82, 2.24) is 16.0 Å². The van der Waals surface area contributed by atoms with Crippen molar-refractivity contribution in [1.29, 1.82) is 0 Å². The normalized spacial score (nSPS) is 8.00. The number of carbonyl (C=O) groups is 4. The Morgan fingerprint density at radius 2 is 1.33 bits per heavy atom. The van der Waals surface area contributed by atoms with Crippen molar-refractivity contribution < 1.29 is 24.3 Å². The monoisotopic (exact) mass is 306 g/mol. The van der Waals surface area contributed by atoms with Crippen molar-refractivity contribution in [2.45, 2.75) is 40.5 Å². The molecule has 21 heavy (non-hydrogen) atoms. The lowest BCUT2D eigenvalue weighted by atomic mass is 10.5. The number of amides is 5. The highest BCUT2D eigenvalue weighted by Gasteiger charge is 2.01. The van der Waals surface area contributed by atoms with Gasteiger partial charge in [0, 0.05) is 25.9 Å². The molecule has 0 aromatic rings. The minimum Gasteiger partial charge on any atom is -0.481 e. The Morgan fingerprint density at radius 3 is 1.52 bits per heavy atom. The fraction of sp³-hybridized carbons (Fsp3) is 0.667. The van der Waals surface area contributed by atoms with Crippen LogP contribution < -0.4 is 21.7 Å². The number of carboxylic acids is 1. The van der Waals surface area contributed by atoms with E-state index >= 15 is 0 Å². The smallest absolute Gasteiger partial charge is 0.321 e. The molecule has 0 aliphatic carbocycles. The molecule has 0 bridgehead atoms. The maximum absolute atomic E-state index is 10.6. The van der Waals surface area contributed by atoms with Crippen molar-refractivity contribution in [3.8, 4) is 0 Å². The Hall–Kier alpha value is -2.32. The molecule has 0 radical (unpaired) electrons. The van der Waals surface area contributed by atoms with Crippen molar-refractivity contribution >= 4 is 23.9 Å². The van der Waals surface area contributed by atoms with Crippen molar-refractivity contribution in [3.05, 3.63) is 0 Å². The van der Waals surface area contributed by atoms with E-state index in [0.717, 1.165) is 0 Å². The highest BCUT2D eigenvalue weighted by Crippen LogP contribution is 1.73. The molecule has 0 unspecified atom stereocenters. The average molecular weight is 306 g/mol. The second kappa shape index (κ2) is 17.7. The maximum atomic E-state index is 10.6. The molecule has 0 aromatic carbocycles. The summed E-state index contributed by atoms with van der Waals surface area (Å²) in [4.78, 5) is 40.2. The predicted molar refractivity (Wildman–Crippen MR) is 78.7 cm³/mol. The first-order valence-corrected chi connectivity index (χ1v) is 6.57. The zero-order valence-electron chi connectivity index (χ0n) is 13.0. The first-order chi connectivity index (χ1) is 9.74. The Morgan fingerprint density at radius 1 is 0.905 bits per heavy atom. The molecule has 0 aliphatic rings. The van der Waals surface area contributed by atoms with Gasteiger partial charge in [0.25, 0.3) is 0 Å². The quantitative estimate of drug-likeness (QED) is 0.509. The van der Waals surface area contributed by atoms with Gasteiger partial charge in [-0.15, -0.1) is 0 Å². The molecule has 0 aromatic heterocycles. The summed E-state index contributed by atoms with van der Waals surface area (Å²) in [5.74, 6) is -1.00. The molecule has 0 atom stereocenters. The minimum atomic E-state index is -0.745. The van der Waals surface area contributed by atoms with E-state index in [1.165, 1.54) is 0 Å². The van der Waals surface area contributed by atoms with Crippen LogP contribution in [0.3, 0.4) is 0 Å². The number of urea groups is 2. The summed E-state index contributed by atoms with van der Waals surface area (Å²) in [6.45, 7) is 8.02. The van der Waals surface area contributed by atoms with Gasteiger partial charge in [0.1, 0.15) is 0 Å². The van der Waals surface area contributed by atoms with E-state index in [-0.39, 0.29) is 12.3 Å². The molecule has 0 saturated heterocycles. The molecule has 0 saturated carbocycles. The molecule has 0 heterocycles. The van der Waals surface area contributed by atoms with Gasteiger partial charge in [0.15, 0.2) is 0 Å². The lowest BCUT2D eigenvalue weighted by molar-refractivity contribution is -0.136. The highest BCUT2D eigenvalue weighted by molar-refractivity contribution is 5.94. The van der Waals surface area contributed by atoms with Crippen LogP contribution in [0.25, 0.3) is 0 Å². The zero-order chi connectivity index (χ0) is 17.3. The van der Waals surface area contributed by atoms with E-state index in [1.807, 2.05) is 6.92 Å². The second-order valence-corrected chi connectivity index (χ2v) is 3.40. The van der Waals surface area contributed by atoms with E-state index in [0.29, 0.717) is 19.5 Å². The summed E-state index contributed by atoms with van der Waals surface area (Å²) >= 11 is 0. The molecular formula is C12H26N4O5. The third-order valence-electron chi connectivity index (χ3n) is 1.56. The largest absolute Gasteiger partial charge is 0.481 e. The summed E-state index contributed by atoms with van der Waals surface area (Å²) < 4.78 is 0. The minimum absolute atomic E-state index is 0.222. The first kappa shape index (κ1) is 23.7. The lowest BCUT2D eigenvalue weighted by Crippen LogP contribution is -2.38. The molecule has 0 aliphatic heterocycles. The number of hydrogen-bond acceptors (Lipinski definition) is 4. The predicted octanol–water partition coefficient (Wildman–Crippen LogP) is 0.398. The fourth-order valence-electron chi connectivity index (χ4n) is 0.594. The summed E-state index contributed by atoms with van der Waals surface area (Å²) in [5.41, 5.74) is 4.65. The number of nitrogens with one attached hydrogen (secondary N) is 3. The highest BCUT2D eigenvalue weighted by atomic mass is 16.4. The van der Waals surface area contributed by atoms with Gasteiger partial charge in [0.05, 0.1) is 0 Å². The summed E-state index contributed by atoms with van der Waals surface area (Å²) in [6.07, 6.45) is 0.553. The second-order valence-electron chi connectivity index (χ2n) is 3.40. The van der Waals surface area contributed by atoms with Gasteiger partial charge in [-0.2, -0.15) is 0 Å². The molecule has 0 rings (SSSR count). The van der Waals surface area contributed by atoms with E-state index in [2.05, 4.69) is 21.7 Å². The van der Waals surface area contributed by atoms with Crippen LogP contribution in [0.1, 0.15) is 40.5 Å². The number of aliphatic carboxylic acids is 1. The van der Waals surface area contributed by atoms with Crippen LogP contribution in [0.2, 0.25) is 0 Å². The number of hydrogen-bond donors (Lipinski definition) is 5. The molecule has 5 amide bonds. The van der Waals surface area contributed by atoms with Gasteiger partial charge < -0.3 is 21.5 Å². The third-order valence-corrected chi connectivity index (χ3v) is 1.56. The average Bonchev–Trinajstić information content (AvgIpc) is 2.40. The van der Waals surface area contributed by atoms with Crippen LogP contribution in [0, 0.1) is 0 Å². The van der Waals surface area contributed by atoms with Crippen molar-refractivity contribution in [2.75, 3.05) is 13.1 Å². The summed E-state index contributed by atoms with van der Waals surface area (Å²) in [6, 6.07) is -0.883. The summed E-state index contributed by atoms with van der Waals surface area (Å²) in [7, 11) is 0. The number of primary amides is 1. The Balaban J connectivity index is -0.000000252. The van der Waals surface area contributed by atoms with E-state index in [1.54, 1.807) is 20.8 Å². The molecule has 0 spiro atoms. The Labute approximate surface area is 124 Å². The van der Waals surface area contributed by atoms with Crippen molar-refractivity contribution in [3.63, 3.8) is 0 Å². The Kier molecular flexibility index (Phi) is 20.0. The molecule has 124 valence electrons. The van der Waals surface area contributed by atoms with E-state index in [4.69, 9.17) is 5.11 Å². The van der Waals surface area contributed by atoms with Gasteiger partial charge in [-0.25, -0.2) is 9.59 Å². The van der Waals surface area contributed by atoms with Crippen LogP contribution in [0.4, 0.5) is 9.59 Å². The zero-order valence-corrected chi connectivity index (χ0v) is 13.0. The molecular weight excluding hydrogens is 280 g/mol. The van der Waals surface area contributed by atoms with Gasteiger partial charge in [-0.3, -0.25) is 14.9 Å². The number of rotatable bonds is 4. The molecule has 9 heteroatoms. The van der Waals surface area contributed by atoms with Crippen LogP contribution in [-0.2, 0) is 9.59 Å². The number of carboxylic acid groups (broad SMARTS) is 1. The van der Waals surface area contributed by atoms with Gasteiger partial charge >= 0.3 is 18.0 Å². The summed E-state index contributed by atoms with van der Waals surface area (Å²) in [5, 5.41) is 14.7. The van der Waals surface area contributed by atoms with Crippen molar-refractivity contribution in [2.24, 2.45) is 5.73 Å². The lowest BCUT2D eigenvalue weighted by Gasteiger charge is -2.01. The van der Waals surface area contributed by atoms with E-state index in [9.17, 15) is 19.2 Å². The fourth-order valence-corrected chi connectivity index (χ4v) is 0.594. The first-order valence-electron chi connectivity index (χ1n) is 6.57. The third kappa shape index (κ3) is 31.9.